The third kappa shape index (κ3) is 3.81. The van der Waals surface area contributed by atoms with Crippen molar-refractivity contribution in [3.8, 4) is 11.6 Å². The van der Waals surface area contributed by atoms with Crippen molar-refractivity contribution in [2.75, 3.05) is 11.0 Å². The van der Waals surface area contributed by atoms with Crippen LogP contribution in [-0.2, 0) is 17.4 Å². The zero-order chi connectivity index (χ0) is 14.5. The smallest absolute Gasteiger partial charge is 0.219 e. The molecule has 5 heteroatoms. The van der Waals surface area contributed by atoms with Gasteiger partial charge in [-0.25, -0.2) is 9.19 Å². The van der Waals surface area contributed by atoms with Crippen LogP contribution in [0.4, 0.5) is 5.69 Å². The summed E-state index contributed by atoms with van der Waals surface area (Å²) in [5, 5.41) is 0. The molecule has 0 bridgehead atoms. The molecule has 4 nitrogen and oxygen atoms in total. The highest BCUT2D eigenvalue weighted by Gasteiger charge is 2.03. The molecule has 1 aromatic carbocycles. The molecule has 2 rings (SSSR count). The molecule has 0 aliphatic heterocycles. The zero-order valence-corrected chi connectivity index (χ0v) is 12.7. The summed E-state index contributed by atoms with van der Waals surface area (Å²) in [4.78, 5) is 4.47. The number of anilines is 1. The van der Waals surface area contributed by atoms with E-state index in [1.165, 1.54) is 5.56 Å². The van der Waals surface area contributed by atoms with Gasteiger partial charge in [0.15, 0.2) is 0 Å². The second-order valence-electron chi connectivity index (χ2n) is 4.45. The molecule has 106 valence electrons. The number of nitrogens with zero attached hydrogens (tertiary/aromatic N) is 1. The Hall–Kier alpha value is -1.88. The van der Waals surface area contributed by atoms with Crippen molar-refractivity contribution in [1.82, 2.24) is 4.98 Å². The highest BCUT2D eigenvalue weighted by Crippen LogP contribution is 2.22. The lowest BCUT2D eigenvalue weighted by Crippen LogP contribution is -2.00. The van der Waals surface area contributed by atoms with E-state index in [1.54, 1.807) is 6.26 Å². The summed E-state index contributed by atoms with van der Waals surface area (Å²) in [5.41, 5.74) is 3.01. The maximum absolute atomic E-state index is 11.1. The number of rotatable bonds is 5. The molecular formula is C15H18N2O2S. The molecule has 0 aliphatic carbocycles. The predicted octanol–water partition coefficient (Wildman–Crippen LogP) is 3.45. The number of hydrogen-bond acceptors (Lipinski definition) is 3. The van der Waals surface area contributed by atoms with Crippen LogP contribution in [0, 0.1) is 6.92 Å². The van der Waals surface area contributed by atoms with Crippen LogP contribution >= 0.6 is 0 Å². The lowest BCUT2D eigenvalue weighted by Gasteiger charge is -2.09. The Balaban J connectivity index is 2.11. The highest BCUT2D eigenvalue weighted by atomic mass is 32.2. The van der Waals surface area contributed by atoms with E-state index >= 15 is 0 Å². The van der Waals surface area contributed by atoms with Crippen LogP contribution in [0.15, 0.2) is 36.4 Å². The van der Waals surface area contributed by atoms with Crippen molar-refractivity contribution in [1.29, 1.82) is 0 Å². The van der Waals surface area contributed by atoms with E-state index < -0.39 is 11.0 Å². The summed E-state index contributed by atoms with van der Waals surface area (Å²) in [6.07, 6.45) is 2.47. The summed E-state index contributed by atoms with van der Waals surface area (Å²) in [5.74, 6) is 1.29. The van der Waals surface area contributed by atoms with E-state index in [2.05, 4.69) is 16.6 Å². The van der Waals surface area contributed by atoms with Gasteiger partial charge in [-0.05, 0) is 43.2 Å². The second-order valence-corrected chi connectivity index (χ2v) is 5.56. The van der Waals surface area contributed by atoms with Crippen molar-refractivity contribution in [2.45, 2.75) is 20.3 Å². The monoisotopic (exact) mass is 290 g/mol. The van der Waals surface area contributed by atoms with E-state index in [9.17, 15) is 4.21 Å². The molecular weight excluding hydrogens is 272 g/mol. The van der Waals surface area contributed by atoms with E-state index in [-0.39, 0.29) is 0 Å². The minimum atomic E-state index is -1.07. The topological polar surface area (TPSA) is 51.2 Å². The van der Waals surface area contributed by atoms with Gasteiger partial charge < -0.3 is 9.46 Å². The summed E-state index contributed by atoms with van der Waals surface area (Å²) in [6, 6.07) is 11.2. The standard InChI is InChI=1S/C15H18N2O2S/c1-4-14-11(2)5-10-15(16-14)19-13-8-6-12(7-9-13)17-20(3)18/h5-10,17H,4H2,1-3H3. The molecule has 2 aromatic rings. The Kier molecular flexibility index (Phi) is 4.74. The fourth-order valence-corrected chi connectivity index (χ4v) is 2.31. The van der Waals surface area contributed by atoms with Gasteiger partial charge in [0.1, 0.15) is 16.7 Å². The number of pyridine rings is 1. The molecule has 0 amide bonds. The Morgan fingerprint density at radius 3 is 2.50 bits per heavy atom. The first kappa shape index (κ1) is 14.5. The van der Waals surface area contributed by atoms with E-state index in [4.69, 9.17) is 4.74 Å². The Labute approximate surface area is 121 Å². The molecule has 1 atom stereocenters. The fraction of sp³-hybridized carbons (Fsp3) is 0.267. The van der Waals surface area contributed by atoms with Crippen LogP contribution in [0.3, 0.4) is 0 Å². The molecule has 0 radical (unpaired) electrons. The van der Waals surface area contributed by atoms with Gasteiger partial charge in [-0.3, -0.25) is 0 Å². The van der Waals surface area contributed by atoms with E-state index in [0.717, 1.165) is 17.8 Å². The van der Waals surface area contributed by atoms with Crippen molar-refractivity contribution >= 4 is 16.7 Å². The number of hydrogen-bond donors (Lipinski definition) is 1. The highest BCUT2D eigenvalue weighted by molar-refractivity contribution is 7.85. The number of aromatic nitrogens is 1. The normalized spacial score (nSPS) is 11.9. The summed E-state index contributed by atoms with van der Waals surface area (Å²) >= 11 is 0. The van der Waals surface area contributed by atoms with E-state index in [1.807, 2.05) is 43.3 Å². The molecule has 1 unspecified atom stereocenters. The maximum Gasteiger partial charge on any atom is 0.219 e. The first-order chi connectivity index (χ1) is 9.58. The molecule has 0 aliphatic rings. The van der Waals surface area contributed by atoms with Gasteiger partial charge >= 0.3 is 0 Å². The number of nitrogens with one attached hydrogen (secondary N) is 1. The summed E-state index contributed by atoms with van der Waals surface area (Å²) < 4.78 is 19.6. The predicted molar refractivity (Wildman–Crippen MR) is 82.6 cm³/mol. The van der Waals surface area contributed by atoms with E-state index in [0.29, 0.717) is 11.6 Å². The molecule has 20 heavy (non-hydrogen) atoms. The quantitative estimate of drug-likeness (QED) is 0.917. The SMILES string of the molecule is CCc1nc(Oc2ccc(NS(C)=O)cc2)ccc1C. The maximum atomic E-state index is 11.1. The van der Waals surface area contributed by atoms with Gasteiger partial charge in [-0.1, -0.05) is 13.0 Å². The Morgan fingerprint density at radius 1 is 1.20 bits per heavy atom. The van der Waals surface area contributed by atoms with Crippen LogP contribution < -0.4 is 9.46 Å². The summed E-state index contributed by atoms with van der Waals surface area (Å²) in [7, 11) is -1.07. The van der Waals surface area contributed by atoms with Crippen LogP contribution in [0.2, 0.25) is 0 Å². The van der Waals surface area contributed by atoms with Gasteiger partial charge in [-0.2, -0.15) is 0 Å². The lowest BCUT2D eigenvalue weighted by atomic mass is 10.2. The molecule has 0 spiro atoms. The van der Waals surface area contributed by atoms with Gasteiger partial charge in [0, 0.05) is 23.7 Å². The van der Waals surface area contributed by atoms with Crippen molar-refractivity contribution in [3.63, 3.8) is 0 Å². The third-order valence-corrected chi connectivity index (χ3v) is 3.37. The second kappa shape index (κ2) is 6.52. The molecule has 1 aromatic heterocycles. The van der Waals surface area contributed by atoms with Crippen LogP contribution in [-0.4, -0.2) is 15.4 Å². The number of benzene rings is 1. The summed E-state index contributed by atoms with van der Waals surface area (Å²) in [6.45, 7) is 4.12. The van der Waals surface area contributed by atoms with Crippen LogP contribution in [0.1, 0.15) is 18.2 Å². The molecule has 0 saturated carbocycles. The Morgan fingerprint density at radius 2 is 1.90 bits per heavy atom. The van der Waals surface area contributed by atoms with Crippen molar-refractivity contribution < 1.29 is 8.95 Å². The van der Waals surface area contributed by atoms with Crippen LogP contribution in [0.5, 0.6) is 11.6 Å². The molecule has 1 heterocycles. The minimum absolute atomic E-state index is 0.590. The molecule has 0 saturated heterocycles. The largest absolute Gasteiger partial charge is 0.439 e. The van der Waals surface area contributed by atoms with Gasteiger partial charge in [0.25, 0.3) is 0 Å². The number of aryl methyl sites for hydroxylation is 2. The van der Waals surface area contributed by atoms with Crippen molar-refractivity contribution in [3.05, 3.63) is 47.7 Å². The van der Waals surface area contributed by atoms with Gasteiger partial charge in [0.05, 0.1) is 0 Å². The lowest BCUT2D eigenvalue weighted by molar-refractivity contribution is 0.460. The van der Waals surface area contributed by atoms with Gasteiger partial charge in [0.2, 0.25) is 5.88 Å². The average Bonchev–Trinajstić information content (AvgIpc) is 2.42. The average molecular weight is 290 g/mol. The number of ether oxygens (including phenoxy) is 1. The third-order valence-electron chi connectivity index (χ3n) is 2.85. The first-order valence-electron chi connectivity index (χ1n) is 6.43. The molecule has 0 fully saturated rings. The van der Waals surface area contributed by atoms with Gasteiger partial charge in [-0.15, -0.1) is 0 Å². The first-order valence-corrected chi connectivity index (χ1v) is 7.99. The van der Waals surface area contributed by atoms with Crippen molar-refractivity contribution in [2.24, 2.45) is 0 Å². The minimum Gasteiger partial charge on any atom is -0.439 e. The molecule has 1 N–H and O–H groups in total. The fourth-order valence-electron chi connectivity index (χ4n) is 1.84. The Bertz CT molecular complexity index is 612. The zero-order valence-electron chi connectivity index (χ0n) is 11.8. The van der Waals surface area contributed by atoms with Crippen LogP contribution in [0.25, 0.3) is 0 Å².